The van der Waals surface area contributed by atoms with Crippen molar-refractivity contribution in [2.75, 3.05) is 4.90 Å². The van der Waals surface area contributed by atoms with Crippen LogP contribution < -0.4 is 10.2 Å². The number of rotatable bonds is 4. The third kappa shape index (κ3) is 3.18. The SMILES string of the molecule is C[C@@]1(C(=O)NCc2ccccc2)Cc2ccccc2C(=O)N1c1ccccc1. The average Bonchev–Trinajstić information content (AvgIpc) is 2.73. The Bertz CT molecular complexity index is 1000. The number of hydrogen-bond donors (Lipinski definition) is 1. The van der Waals surface area contributed by atoms with Crippen LogP contribution in [0.3, 0.4) is 0 Å². The van der Waals surface area contributed by atoms with E-state index in [1.807, 2.05) is 91.9 Å². The first-order valence-electron chi connectivity index (χ1n) is 9.39. The summed E-state index contributed by atoms with van der Waals surface area (Å²) < 4.78 is 0. The lowest BCUT2D eigenvalue weighted by Crippen LogP contribution is -2.63. The average molecular weight is 370 g/mol. The molecule has 1 heterocycles. The number of carbonyl (C=O) groups excluding carboxylic acids is 2. The van der Waals surface area contributed by atoms with Crippen molar-refractivity contribution in [1.29, 1.82) is 0 Å². The maximum atomic E-state index is 13.4. The van der Waals surface area contributed by atoms with E-state index in [2.05, 4.69) is 5.32 Å². The molecule has 0 aliphatic carbocycles. The Kier molecular flexibility index (Phi) is 4.70. The largest absolute Gasteiger partial charge is 0.350 e. The molecular formula is C24H22N2O2. The molecule has 140 valence electrons. The van der Waals surface area contributed by atoms with Gasteiger partial charge in [0, 0.05) is 24.2 Å². The van der Waals surface area contributed by atoms with Crippen molar-refractivity contribution < 1.29 is 9.59 Å². The Morgan fingerprint density at radius 2 is 1.54 bits per heavy atom. The van der Waals surface area contributed by atoms with Crippen LogP contribution in [0.15, 0.2) is 84.9 Å². The molecule has 0 saturated heterocycles. The lowest BCUT2D eigenvalue weighted by atomic mass is 9.82. The molecule has 0 aromatic heterocycles. The van der Waals surface area contributed by atoms with Crippen LogP contribution in [0.1, 0.15) is 28.4 Å². The minimum atomic E-state index is -1.01. The quantitative estimate of drug-likeness (QED) is 0.756. The van der Waals surface area contributed by atoms with Crippen molar-refractivity contribution in [3.8, 4) is 0 Å². The Balaban J connectivity index is 1.71. The summed E-state index contributed by atoms with van der Waals surface area (Å²) in [6.45, 7) is 2.27. The summed E-state index contributed by atoms with van der Waals surface area (Å²) in [5, 5.41) is 3.03. The maximum Gasteiger partial charge on any atom is 0.259 e. The van der Waals surface area contributed by atoms with E-state index >= 15 is 0 Å². The molecule has 0 spiro atoms. The normalized spacial score (nSPS) is 18.5. The standard InChI is InChI=1S/C24H22N2O2/c1-24(23(28)25-17-18-10-4-2-5-11-18)16-19-12-8-9-15-21(19)22(27)26(24)20-13-6-3-7-14-20/h2-15H,16-17H2,1H3,(H,25,28)/t24-/m0/s1. The minimum absolute atomic E-state index is 0.148. The van der Waals surface area contributed by atoms with Crippen LogP contribution in [0, 0.1) is 0 Å². The predicted molar refractivity (Wildman–Crippen MR) is 110 cm³/mol. The molecule has 1 aliphatic heterocycles. The fraction of sp³-hybridized carbons (Fsp3) is 0.167. The van der Waals surface area contributed by atoms with Crippen molar-refractivity contribution >= 4 is 17.5 Å². The summed E-state index contributed by atoms with van der Waals surface area (Å²) in [5.74, 6) is -0.312. The van der Waals surface area contributed by atoms with Crippen LogP contribution in [-0.2, 0) is 17.8 Å². The van der Waals surface area contributed by atoms with Gasteiger partial charge in [-0.25, -0.2) is 0 Å². The molecule has 0 bridgehead atoms. The molecular weight excluding hydrogens is 348 g/mol. The summed E-state index contributed by atoms with van der Waals surface area (Å²) >= 11 is 0. The number of benzene rings is 3. The van der Waals surface area contributed by atoms with Crippen LogP contribution >= 0.6 is 0 Å². The van der Waals surface area contributed by atoms with Gasteiger partial charge in [-0.05, 0) is 36.2 Å². The van der Waals surface area contributed by atoms with Crippen LogP contribution in [-0.4, -0.2) is 17.4 Å². The Labute approximate surface area is 164 Å². The molecule has 4 nitrogen and oxygen atoms in total. The lowest BCUT2D eigenvalue weighted by Gasteiger charge is -2.44. The van der Waals surface area contributed by atoms with Gasteiger partial charge in [-0.1, -0.05) is 66.7 Å². The third-order valence-electron chi connectivity index (χ3n) is 5.28. The van der Waals surface area contributed by atoms with Gasteiger partial charge in [-0.3, -0.25) is 14.5 Å². The number of nitrogens with zero attached hydrogens (tertiary/aromatic N) is 1. The van der Waals surface area contributed by atoms with Gasteiger partial charge in [-0.15, -0.1) is 0 Å². The molecule has 0 saturated carbocycles. The summed E-state index contributed by atoms with van der Waals surface area (Å²) in [5.41, 5.74) is 2.28. The van der Waals surface area contributed by atoms with Gasteiger partial charge in [0.1, 0.15) is 5.54 Å². The van der Waals surface area contributed by atoms with Gasteiger partial charge >= 0.3 is 0 Å². The molecule has 2 amide bonds. The molecule has 0 radical (unpaired) electrons. The number of nitrogens with one attached hydrogen (secondary N) is 1. The highest BCUT2D eigenvalue weighted by Gasteiger charge is 2.47. The third-order valence-corrected chi connectivity index (χ3v) is 5.28. The van der Waals surface area contributed by atoms with Crippen LogP contribution in [0.2, 0.25) is 0 Å². The molecule has 3 aromatic rings. The predicted octanol–water partition coefficient (Wildman–Crippen LogP) is 3.96. The second-order valence-corrected chi connectivity index (χ2v) is 7.25. The van der Waals surface area contributed by atoms with Gasteiger partial charge in [0.2, 0.25) is 5.91 Å². The number of fused-ring (bicyclic) bond motifs is 1. The first kappa shape index (κ1) is 18.0. The van der Waals surface area contributed by atoms with Crippen LogP contribution in [0.5, 0.6) is 0 Å². The van der Waals surface area contributed by atoms with E-state index in [9.17, 15) is 9.59 Å². The fourth-order valence-electron chi connectivity index (χ4n) is 3.81. The molecule has 1 atom stereocenters. The van der Waals surface area contributed by atoms with Crippen molar-refractivity contribution in [1.82, 2.24) is 5.32 Å². The van der Waals surface area contributed by atoms with Gasteiger partial charge in [0.05, 0.1) is 0 Å². The summed E-state index contributed by atoms with van der Waals surface area (Å²) in [6.07, 6.45) is 0.463. The van der Waals surface area contributed by atoms with E-state index in [0.29, 0.717) is 18.5 Å². The van der Waals surface area contributed by atoms with E-state index in [4.69, 9.17) is 0 Å². The molecule has 28 heavy (non-hydrogen) atoms. The molecule has 0 unspecified atom stereocenters. The highest BCUT2D eigenvalue weighted by molar-refractivity contribution is 6.14. The van der Waals surface area contributed by atoms with Crippen molar-refractivity contribution in [2.45, 2.75) is 25.4 Å². The number of amides is 2. The minimum Gasteiger partial charge on any atom is -0.350 e. The first-order valence-corrected chi connectivity index (χ1v) is 9.39. The Morgan fingerprint density at radius 3 is 2.25 bits per heavy atom. The molecule has 0 fully saturated rings. The zero-order valence-electron chi connectivity index (χ0n) is 15.8. The van der Waals surface area contributed by atoms with Crippen molar-refractivity contribution in [2.24, 2.45) is 0 Å². The van der Waals surface area contributed by atoms with Crippen molar-refractivity contribution in [3.63, 3.8) is 0 Å². The number of hydrogen-bond acceptors (Lipinski definition) is 2. The number of para-hydroxylation sites is 1. The number of carbonyl (C=O) groups is 2. The molecule has 1 N–H and O–H groups in total. The lowest BCUT2D eigenvalue weighted by molar-refractivity contribution is -0.126. The zero-order chi connectivity index (χ0) is 19.6. The Hall–Kier alpha value is -3.40. The van der Waals surface area contributed by atoms with E-state index in [0.717, 1.165) is 16.8 Å². The smallest absolute Gasteiger partial charge is 0.259 e. The molecule has 4 heteroatoms. The first-order chi connectivity index (χ1) is 13.6. The monoisotopic (exact) mass is 370 g/mol. The summed E-state index contributed by atoms with van der Waals surface area (Å²) in [4.78, 5) is 28.3. The van der Waals surface area contributed by atoms with Gasteiger partial charge in [-0.2, -0.15) is 0 Å². The molecule has 3 aromatic carbocycles. The number of anilines is 1. The van der Waals surface area contributed by atoms with E-state index in [1.54, 1.807) is 4.90 Å². The van der Waals surface area contributed by atoms with Crippen LogP contribution in [0.25, 0.3) is 0 Å². The second-order valence-electron chi connectivity index (χ2n) is 7.25. The summed E-state index contributed by atoms with van der Waals surface area (Å²) in [6, 6.07) is 26.7. The highest BCUT2D eigenvalue weighted by atomic mass is 16.2. The summed E-state index contributed by atoms with van der Waals surface area (Å²) in [7, 11) is 0. The Morgan fingerprint density at radius 1 is 0.929 bits per heavy atom. The topological polar surface area (TPSA) is 49.4 Å². The zero-order valence-corrected chi connectivity index (χ0v) is 15.8. The van der Waals surface area contributed by atoms with E-state index < -0.39 is 5.54 Å². The van der Waals surface area contributed by atoms with E-state index in [-0.39, 0.29) is 11.8 Å². The van der Waals surface area contributed by atoms with Gasteiger partial charge in [0.15, 0.2) is 0 Å². The molecule has 4 rings (SSSR count). The molecule has 1 aliphatic rings. The van der Waals surface area contributed by atoms with E-state index in [1.165, 1.54) is 0 Å². The van der Waals surface area contributed by atoms with Crippen LogP contribution in [0.4, 0.5) is 5.69 Å². The van der Waals surface area contributed by atoms with Gasteiger partial charge < -0.3 is 5.32 Å². The maximum absolute atomic E-state index is 13.4. The fourth-order valence-corrected chi connectivity index (χ4v) is 3.81. The van der Waals surface area contributed by atoms with Gasteiger partial charge in [0.25, 0.3) is 5.91 Å². The van der Waals surface area contributed by atoms with Crippen molar-refractivity contribution in [3.05, 3.63) is 102 Å². The highest BCUT2D eigenvalue weighted by Crippen LogP contribution is 2.35. The second kappa shape index (κ2) is 7.31.